The lowest BCUT2D eigenvalue weighted by molar-refractivity contribution is -0.120. The lowest BCUT2D eigenvalue weighted by atomic mass is 10.2. The highest BCUT2D eigenvalue weighted by atomic mass is 79.9. The summed E-state index contributed by atoms with van der Waals surface area (Å²) in [6, 6.07) is 2.32. The Hall–Kier alpha value is -1.50. The molecule has 2 heterocycles. The molecule has 0 saturated carbocycles. The molecule has 90 valence electrons. The van der Waals surface area contributed by atoms with Crippen molar-refractivity contribution in [2.45, 2.75) is 11.8 Å². The van der Waals surface area contributed by atoms with Crippen molar-refractivity contribution in [1.82, 2.24) is 10.3 Å². The predicted octanol–water partition coefficient (Wildman–Crippen LogP) is 1.56. The number of nitrogens with one attached hydrogen (secondary N) is 1. The van der Waals surface area contributed by atoms with Gasteiger partial charge in [-0.05, 0) is 17.7 Å². The van der Waals surface area contributed by atoms with Gasteiger partial charge in [-0.25, -0.2) is 9.78 Å². The number of amides is 3. The monoisotopic (exact) mass is 301 g/mol. The van der Waals surface area contributed by atoms with E-state index in [4.69, 9.17) is 0 Å². The SMILES string of the molecule is O=C1CCN(c2cc(CBr)cc(F)n2)C(=O)N1. The Kier molecular flexibility index (Phi) is 3.37. The van der Waals surface area contributed by atoms with Crippen LogP contribution in [0.1, 0.15) is 12.0 Å². The van der Waals surface area contributed by atoms with Gasteiger partial charge in [0.2, 0.25) is 11.9 Å². The van der Waals surface area contributed by atoms with E-state index in [2.05, 4.69) is 26.2 Å². The van der Waals surface area contributed by atoms with E-state index in [0.717, 1.165) is 0 Å². The van der Waals surface area contributed by atoms with E-state index in [-0.39, 0.29) is 24.7 Å². The molecule has 1 saturated heterocycles. The fraction of sp³-hybridized carbons (Fsp3) is 0.300. The minimum Gasteiger partial charge on any atom is -0.278 e. The predicted molar refractivity (Wildman–Crippen MR) is 62.3 cm³/mol. The van der Waals surface area contributed by atoms with Crippen LogP contribution in [0.4, 0.5) is 15.0 Å². The molecule has 1 N–H and O–H groups in total. The topological polar surface area (TPSA) is 62.3 Å². The third kappa shape index (κ3) is 2.60. The van der Waals surface area contributed by atoms with Gasteiger partial charge in [0, 0.05) is 18.3 Å². The fourth-order valence-electron chi connectivity index (χ4n) is 1.53. The first-order valence-corrected chi connectivity index (χ1v) is 6.06. The van der Waals surface area contributed by atoms with E-state index >= 15 is 0 Å². The lowest BCUT2D eigenvalue weighted by Crippen LogP contribution is -2.50. The van der Waals surface area contributed by atoms with Gasteiger partial charge < -0.3 is 0 Å². The van der Waals surface area contributed by atoms with Crippen LogP contribution < -0.4 is 10.2 Å². The maximum Gasteiger partial charge on any atom is 0.329 e. The van der Waals surface area contributed by atoms with E-state index in [1.54, 1.807) is 6.07 Å². The first kappa shape index (κ1) is 12.0. The third-order valence-corrected chi connectivity index (χ3v) is 2.97. The molecule has 17 heavy (non-hydrogen) atoms. The quantitative estimate of drug-likeness (QED) is 0.666. The maximum absolute atomic E-state index is 13.2. The van der Waals surface area contributed by atoms with Crippen molar-refractivity contribution in [1.29, 1.82) is 0 Å². The second kappa shape index (κ2) is 4.79. The number of anilines is 1. The summed E-state index contributed by atoms with van der Waals surface area (Å²) in [6.07, 6.45) is 0.188. The Morgan fingerprint density at radius 1 is 1.47 bits per heavy atom. The van der Waals surface area contributed by atoms with Crippen LogP contribution in [-0.4, -0.2) is 23.5 Å². The summed E-state index contributed by atoms with van der Waals surface area (Å²) in [7, 11) is 0. The van der Waals surface area contributed by atoms with E-state index < -0.39 is 12.0 Å². The average Bonchev–Trinajstić information content (AvgIpc) is 2.28. The molecule has 1 fully saturated rings. The van der Waals surface area contributed by atoms with Crippen LogP contribution in [0, 0.1) is 5.95 Å². The molecule has 0 aliphatic carbocycles. The Labute approximate surface area is 105 Å². The molecule has 1 aliphatic rings. The standard InChI is InChI=1S/C10H9BrFN3O2/c11-5-6-3-7(12)13-8(4-6)15-2-1-9(16)14-10(15)17/h3-4H,1-2,5H2,(H,14,16,17). The molecular formula is C10H9BrFN3O2. The molecule has 3 amide bonds. The minimum absolute atomic E-state index is 0.188. The summed E-state index contributed by atoms with van der Waals surface area (Å²) in [5.41, 5.74) is 0.678. The molecule has 7 heteroatoms. The van der Waals surface area contributed by atoms with E-state index in [1.807, 2.05) is 0 Å². The number of carbonyl (C=O) groups excluding carboxylic acids is 2. The smallest absolute Gasteiger partial charge is 0.278 e. The van der Waals surface area contributed by atoms with Crippen LogP contribution in [0.25, 0.3) is 0 Å². The number of halogens is 2. The van der Waals surface area contributed by atoms with Crippen molar-refractivity contribution < 1.29 is 14.0 Å². The Morgan fingerprint density at radius 2 is 2.24 bits per heavy atom. The molecule has 0 unspecified atom stereocenters. The van der Waals surface area contributed by atoms with Crippen LogP contribution in [0.15, 0.2) is 12.1 Å². The third-order valence-electron chi connectivity index (χ3n) is 2.33. The highest BCUT2D eigenvalue weighted by Crippen LogP contribution is 2.18. The molecular weight excluding hydrogens is 293 g/mol. The average molecular weight is 302 g/mol. The van der Waals surface area contributed by atoms with Gasteiger partial charge in [-0.1, -0.05) is 15.9 Å². The zero-order valence-corrected chi connectivity index (χ0v) is 10.3. The summed E-state index contributed by atoms with van der Waals surface area (Å²) in [5.74, 6) is -0.769. The minimum atomic E-state index is -0.651. The number of hydrogen-bond donors (Lipinski definition) is 1. The van der Waals surface area contributed by atoms with Gasteiger partial charge in [0.25, 0.3) is 0 Å². The van der Waals surface area contributed by atoms with Gasteiger partial charge in [0.05, 0.1) is 0 Å². The zero-order valence-electron chi connectivity index (χ0n) is 8.74. The largest absolute Gasteiger partial charge is 0.329 e. The first-order valence-electron chi connectivity index (χ1n) is 4.94. The Morgan fingerprint density at radius 3 is 2.88 bits per heavy atom. The summed E-state index contributed by atoms with van der Waals surface area (Å²) in [5, 5.41) is 2.62. The van der Waals surface area contributed by atoms with Crippen molar-refractivity contribution in [3.05, 3.63) is 23.6 Å². The molecule has 1 aromatic rings. The van der Waals surface area contributed by atoms with Crippen LogP contribution >= 0.6 is 15.9 Å². The molecule has 2 rings (SSSR count). The van der Waals surface area contributed by atoms with Gasteiger partial charge in [0.1, 0.15) is 5.82 Å². The molecule has 1 aliphatic heterocycles. The molecule has 1 aromatic heterocycles. The molecule has 0 aromatic carbocycles. The molecule has 0 spiro atoms. The number of rotatable bonds is 2. The van der Waals surface area contributed by atoms with Crippen LogP contribution in [0.2, 0.25) is 0 Å². The van der Waals surface area contributed by atoms with Crippen molar-refractivity contribution in [2.75, 3.05) is 11.4 Å². The van der Waals surface area contributed by atoms with Gasteiger partial charge in [-0.15, -0.1) is 0 Å². The second-order valence-electron chi connectivity index (χ2n) is 3.54. The van der Waals surface area contributed by atoms with Crippen molar-refractivity contribution >= 4 is 33.7 Å². The van der Waals surface area contributed by atoms with Crippen molar-refractivity contribution in [3.63, 3.8) is 0 Å². The van der Waals surface area contributed by atoms with Crippen molar-refractivity contribution in [2.24, 2.45) is 0 Å². The van der Waals surface area contributed by atoms with Gasteiger partial charge >= 0.3 is 6.03 Å². The van der Waals surface area contributed by atoms with Gasteiger partial charge in [-0.3, -0.25) is 15.0 Å². The van der Waals surface area contributed by atoms with Gasteiger partial charge in [0.15, 0.2) is 0 Å². The Balaban J connectivity index is 2.30. The zero-order chi connectivity index (χ0) is 12.4. The van der Waals surface area contributed by atoms with Gasteiger partial charge in [-0.2, -0.15) is 4.39 Å². The summed E-state index contributed by atoms with van der Waals surface area (Å²) < 4.78 is 13.2. The second-order valence-corrected chi connectivity index (χ2v) is 4.11. The Bertz CT molecular complexity index is 481. The van der Waals surface area contributed by atoms with Crippen LogP contribution in [0.3, 0.4) is 0 Å². The maximum atomic E-state index is 13.2. The van der Waals surface area contributed by atoms with E-state index in [0.29, 0.717) is 10.9 Å². The molecule has 0 radical (unpaired) electrons. The number of aromatic nitrogens is 1. The molecule has 0 bridgehead atoms. The van der Waals surface area contributed by atoms with Crippen LogP contribution in [-0.2, 0) is 10.1 Å². The van der Waals surface area contributed by atoms with Crippen LogP contribution in [0.5, 0.6) is 0 Å². The first-order chi connectivity index (χ1) is 8.10. The number of nitrogens with zero attached hydrogens (tertiary/aromatic N) is 2. The fourth-order valence-corrected chi connectivity index (χ4v) is 1.86. The van der Waals surface area contributed by atoms with E-state index in [9.17, 15) is 14.0 Å². The summed E-state index contributed by atoms with van der Waals surface area (Å²) >= 11 is 3.21. The highest BCUT2D eigenvalue weighted by Gasteiger charge is 2.25. The summed E-state index contributed by atoms with van der Waals surface area (Å²) in [6.45, 7) is 0.211. The number of pyridine rings is 1. The number of hydrogen-bond acceptors (Lipinski definition) is 3. The number of alkyl halides is 1. The molecule has 0 atom stereocenters. The number of urea groups is 1. The van der Waals surface area contributed by atoms with Crippen molar-refractivity contribution in [3.8, 4) is 0 Å². The van der Waals surface area contributed by atoms with E-state index in [1.165, 1.54) is 11.0 Å². The summed E-state index contributed by atoms with van der Waals surface area (Å²) in [4.78, 5) is 27.4. The number of imide groups is 1. The molecule has 5 nitrogen and oxygen atoms in total. The lowest BCUT2D eigenvalue weighted by Gasteiger charge is -2.25. The number of carbonyl (C=O) groups is 2. The highest BCUT2D eigenvalue weighted by molar-refractivity contribution is 9.08. The normalized spacial score (nSPS) is 16.0.